The third-order valence-corrected chi connectivity index (χ3v) is 1.27. The number of hydrogen-bond acceptors (Lipinski definition) is 4. The molecule has 11 heavy (non-hydrogen) atoms. The number of carbonyl (C=O) groups excluding carboxylic acids is 1. The van der Waals surface area contributed by atoms with Crippen LogP contribution in [0.2, 0.25) is 0 Å². The number of aldehydes is 1. The van der Waals surface area contributed by atoms with E-state index in [1.54, 1.807) is 13.8 Å². The monoisotopic (exact) mass is 155 g/mol. The van der Waals surface area contributed by atoms with Gasteiger partial charge < -0.3 is 9.63 Å². The Labute approximate surface area is 63.8 Å². The van der Waals surface area contributed by atoms with E-state index in [4.69, 9.17) is 0 Å². The molecular formula is C7H9NO3. The molecule has 0 radical (unpaired) electrons. The van der Waals surface area contributed by atoms with E-state index in [9.17, 15) is 9.90 Å². The molecule has 0 unspecified atom stereocenters. The average molecular weight is 155 g/mol. The second kappa shape index (κ2) is 2.47. The Hall–Kier alpha value is -1.16. The summed E-state index contributed by atoms with van der Waals surface area (Å²) in [7, 11) is 0. The first-order chi connectivity index (χ1) is 5.04. The van der Waals surface area contributed by atoms with E-state index >= 15 is 0 Å². The number of carbonyl (C=O) groups is 1. The van der Waals surface area contributed by atoms with Gasteiger partial charge in [-0.05, 0) is 13.8 Å². The second-order valence-electron chi connectivity index (χ2n) is 2.79. The van der Waals surface area contributed by atoms with Crippen molar-refractivity contribution in [3.63, 3.8) is 0 Å². The zero-order valence-corrected chi connectivity index (χ0v) is 6.37. The first-order valence-electron chi connectivity index (χ1n) is 3.19. The molecule has 0 fully saturated rings. The molecule has 0 spiro atoms. The molecule has 0 bridgehead atoms. The Morgan fingerprint density at radius 1 is 1.73 bits per heavy atom. The molecule has 0 aliphatic rings. The lowest BCUT2D eigenvalue weighted by molar-refractivity contribution is 0.0699. The van der Waals surface area contributed by atoms with E-state index in [0.717, 1.165) is 0 Å². The van der Waals surface area contributed by atoms with Crippen LogP contribution in [0.1, 0.15) is 30.1 Å². The van der Waals surface area contributed by atoms with E-state index in [2.05, 4.69) is 9.68 Å². The van der Waals surface area contributed by atoms with Gasteiger partial charge in [0.25, 0.3) is 0 Å². The molecule has 1 rings (SSSR count). The number of aromatic nitrogens is 1. The van der Waals surface area contributed by atoms with E-state index in [-0.39, 0.29) is 5.76 Å². The summed E-state index contributed by atoms with van der Waals surface area (Å²) >= 11 is 0. The van der Waals surface area contributed by atoms with E-state index in [1.807, 2.05) is 0 Å². The molecule has 0 amide bonds. The summed E-state index contributed by atoms with van der Waals surface area (Å²) in [6, 6.07) is 1.41. The van der Waals surface area contributed by atoms with Crippen LogP contribution in [0.5, 0.6) is 0 Å². The highest BCUT2D eigenvalue weighted by Crippen LogP contribution is 2.17. The lowest BCUT2D eigenvalue weighted by atomic mass is 10.1. The van der Waals surface area contributed by atoms with Gasteiger partial charge in [0, 0.05) is 6.07 Å². The fourth-order valence-corrected chi connectivity index (χ4v) is 0.633. The molecule has 1 aromatic heterocycles. The highest BCUT2D eigenvalue weighted by molar-refractivity contribution is 5.70. The van der Waals surface area contributed by atoms with Crippen molar-refractivity contribution < 1.29 is 14.4 Å². The van der Waals surface area contributed by atoms with Gasteiger partial charge in [0.2, 0.25) is 0 Å². The Morgan fingerprint density at radius 3 is 2.64 bits per heavy atom. The van der Waals surface area contributed by atoms with Gasteiger partial charge in [-0.1, -0.05) is 5.16 Å². The van der Waals surface area contributed by atoms with Gasteiger partial charge in [0.1, 0.15) is 11.3 Å². The zero-order valence-electron chi connectivity index (χ0n) is 6.37. The van der Waals surface area contributed by atoms with Gasteiger partial charge in [-0.15, -0.1) is 0 Å². The smallest absolute Gasteiger partial charge is 0.199 e. The summed E-state index contributed by atoms with van der Waals surface area (Å²) in [5.74, 6) is 0.127. The standard InChI is InChI=1S/C7H9NO3/c1-7(2,10)6-3-5(4-9)11-8-6/h3-4,10H,1-2H3. The fraction of sp³-hybridized carbons (Fsp3) is 0.429. The molecule has 0 aliphatic heterocycles. The van der Waals surface area contributed by atoms with Gasteiger partial charge in [0.15, 0.2) is 12.0 Å². The molecule has 0 aliphatic carbocycles. The normalized spacial score (nSPS) is 11.5. The minimum Gasteiger partial charge on any atom is -0.384 e. The minimum atomic E-state index is -1.05. The van der Waals surface area contributed by atoms with Gasteiger partial charge in [-0.3, -0.25) is 4.79 Å². The van der Waals surface area contributed by atoms with Crippen molar-refractivity contribution >= 4 is 6.29 Å². The Kier molecular flexibility index (Phi) is 1.78. The summed E-state index contributed by atoms with van der Waals surface area (Å²) in [5.41, 5.74) is -0.690. The third kappa shape index (κ3) is 1.65. The molecule has 0 saturated carbocycles. The SMILES string of the molecule is CC(C)(O)c1cc(C=O)on1. The van der Waals surface area contributed by atoms with Crippen molar-refractivity contribution in [3.8, 4) is 0 Å². The van der Waals surface area contributed by atoms with E-state index in [1.165, 1.54) is 6.07 Å². The van der Waals surface area contributed by atoms with Crippen molar-refractivity contribution in [1.29, 1.82) is 0 Å². The van der Waals surface area contributed by atoms with Crippen molar-refractivity contribution in [2.75, 3.05) is 0 Å². The van der Waals surface area contributed by atoms with Crippen molar-refractivity contribution in [2.24, 2.45) is 0 Å². The quantitative estimate of drug-likeness (QED) is 0.639. The molecule has 4 heteroatoms. The largest absolute Gasteiger partial charge is 0.384 e. The van der Waals surface area contributed by atoms with E-state index in [0.29, 0.717) is 12.0 Å². The van der Waals surface area contributed by atoms with E-state index < -0.39 is 5.60 Å². The van der Waals surface area contributed by atoms with Crippen LogP contribution >= 0.6 is 0 Å². The number of hydrogen-bond donors (Lipinski definition) is 1. The molecule has 4 nitrogen and oxygen atoms in total. The van der Waals surface area contributed by atoms with Crippen LogP contribution in [-0.4, -0.2) is 16.5 Å². The highest BCUT2D eigenvalue weighted by atomic mass is 16.5. The second-order valence-corrected chi connectivity index (χ2v) is 2.79. The zero-order chi connectivity index (χ0) is 8.48. The molecule has 1 heterocycles. The molecule has 0 atom stereocenters. The van der Waals surface area contributed by atoms with Crippen LogP contribution in [-0.2, 0) is 5.60 Å². The third-order valence-electron chi connectivity index (χ3n) is 1.27. The number of nitrogens with zero attached hydrogens (tertiary/aromatic N) is 1. The van der Waals surface area contributed by atoms with Crippen LogP contribution in [0.25, 0.3) is 0 Å². The maximum atomic E-state index is 10.1. The first-order valence-corrected chi connectivity index (χ1v) is 3.19. The molecular weight excluding hydrogens is 146 g/mol. The highest BCUT2D eigenvalue weighted by Gasteiger charge is 2.20. The molecule has 0 aromatic carbocycles. The van der Waals surface area contributed by atoms with Crippen LogP contribution in [0.15, 0.2) is 10.6 Å². The lowest BCUT2D eigenvalue weighted by Gasteiger charge is -2.11. The van der Waals surface area contributed by atoms with Gasteiger partial charge in [-0.2, -0.15) is 0 Å². The number of aliphatic hydroxyl groups is 1. The fourth-order valence-electron chi connectivity index (χ4n) is 0.633. The summed E-state index contributed by atoms with van der Waals surface area (Å²) in [5, 5.41) is 12.9. The Morgan fingerprint density at radius 2 is 2.36 bits per heavy atom. The van der Waals surface area contributed by atoms with Crippen LogP contribution in [0.3, 0.4) is 0 Å². The summed E-state index contributed by atoms with van der Waals surface area (Å²) in [6.07, 6.45) is 0.544. The molecule has 60 valence electrons. The summed E-state index contributed by atoms with van der Waals surface area (Å²) < 4.78 is 4.56. The Bertz CT molecular complexity index is 259. The summed E-state index contributed by atoms with van der Waals surface area (Å²) in [6.45, 7) is 3.14. The maximum absolute atomic E-state index is 10.1. The van der Waals surface area contributed by atoms with Crippen LogP contribution in [0.4, 0.5) is 0 Å². The average Bonchev–Trinajstić information content (AvgIpc) is 2.32. The van der Waals surface area contributed by atoms with Crippen molar-refractivity contribution in [1.82, 2.24) is 5.16 Å². The van der Waals surface area contributed by atoms with Gasteiger partial charge in [0.05, 0.1) is 0 Å². The first kappa shape index (κ1) is 7.94. The lowest BCUT2D eigenvalue weighted by Crippen LogP contribution is -2.15. The molecule has 1 N–H and O–H groups in total. The van der Waals surface area contributed by atoms with Crippen molar-refractivity contribution in [3.05, 3.63) is 17.5 Å². The minimum absolute atomic E-state index is 0.127. The Balaban J connectivity index is 2.98. The van der Waals surface area contributed by atoms with Gasteiger partial charge >= 0.3 is 0 Å². The predicted molar refractivity (Wildman–Crippen MR) is 37.1 cm³/mol. The predicted octanol–water partition coefficient (Wildman–Crippen LogP) is 0.714. The number of rotatable bonds is 2. The molecule has 1 aromatic rings. The molecule has 0 saturated heterocycles. The van der Waals surface area contributed by atoms with Crippen molar-refractivity contribution in [2.45, 2.75) is 19.4 Å². The maximum Gasteiger partial charge on any atom is 0.199 e. The van der Waals surface area contributed by atoms with Crippen LogP contribution < -0.4 is 0 Å². The topological polar surface area (TPSA) is 63.3 Å². The summed E-state index contributed by atoms with van der Waals surface area (Å²) in [4.78, 5) is 10.1. The van der Waals surface area contributed by atoms with Crippen LogP contribution in [0, 0.1) is 0 Å². The van der Waals surface area contributed by atoms with Gasteiger partial charge in [-0.25, -0.2) is 0 Å².